The summed E-state index contributed by atoms with van der Waals surface area (Å²) in [6, 6.07) is 6.99. The van der Waals surface area contributed by atoms with Gasteiger partial charge in [-0.3, -0.25) is 4.79 Å². The molecular formula is C13H18N2O3. The molecule has 18 heavy (non-hydrogen) atoms. The third-order valence-corrected chi connectivity index (χ3v) is 3.19. The van der Waals surface area contributed by atoms with Gasteiger partial charge < -0.3 is 20.5 Å². The Balaban J connectivity index is 1.99. The van der Waals surface area contributed by atoms with Gasteiger partial charge in [-0.05, 0) is 12.5 Å². The molecule has 1 fully saturated rings. The molecular weight excluding hydrogens is 232 g/mol. The number of ether oxygens (including phenoxy) is 1. The normalized spacial score (nSPS) is 23.0. The van der Waals surface area contributed by atoms with E-state index in [1.807, 2.05) is 12.1 Å². The van der Waals surface area contributed by atoms with Gasteiger partial charge in [-0.2, -0.15) is 0 Å². The molecule has 1 heterocycles. The number of methoxy groups -OCH3 is 1. The maximum Gasteiger partial charge on any atom is 0.241 e. The van der Waals surface area contributed by atoms with Gasteiger partial charge >= 0.3 is 0 Å². The van der Waals surface area contributed by atoms with Crippen molar-refractivity contribution in [3.05, 3.63) is 29.8 Å². The standard InChI is InChI=1S/C13H18N2O3/c1-18-10-6-12(14-7-10)13(17)15-11-5-3-2-4-9(11)8-16/h2-5,10,12,14,16H,6-8H2,1H3,(H,15,17). The number of nitrogens with one attached hydrogen (secondary N) is 2. The fraction of sp³-hybridized carbons (Fsp3) is 0.462. The maximum atomic E-state index is 12.0. The molecule has 1 aliphatic heterocycles. The predicted octanol–water partition coefficient (Wildman–Crippen LogP) is 0.494. The molecule has 98 valence electrons. The molecule has 2 atom stereocenters. The van der Waals surface area contributed by atoms with Crippen LogP contribution in [0.5, 0.6) is 0 Å². The Kier molecular flexibility index (Phi) is 4.30. The zero-order valence-electron chi connectivity index (χ0n) is 10.3. The molecule has 0 bridgehead atoms. The lowest BCUT2D eigenvalue weighted by Gasteiger charge is -2.13. The molecule has 5 nitrogen and oxygen atoms in total. The number of rotatable bonds is 4. The average molecular weight is 250 g/mol. The SMILES string of the molecule is COC1CNC(C(=O)Nc2ccccc2CO)C1. The summed E-state index contributed by atoms with van der Waals surface area (Å²) in [5, 5.41) is 15.1. The molecule has 5 heteroatoms. The van der Waals surface area contributed by atoms with E-state index >= 15 is 0 Å². The Morgan fingerprint density at radius 3 is 3.00 bits per heavy atom. The van der Waals surface area contributed by atoms with Gasteiger partial charge in [0.25, 0.3) is 0 Å². The summed E-state index contributed by atoms with van der Waals surface area (Å²) in [7, 11) is 1.65. The molecule has 2 rings (SSSR count). The molecule has 3 N–H and O–H groups in total. The molecule has 0 aliphatic carbocycles. The predicted molar refractivity (Wildman–Crippen MR) is 68.2 cm³/mol. The number of aliphatic hydroxyl groups is 1. The second kappa shape index (κ2) is 5.95. The Hall–Kier alpha value is -1.43. The van der Waals surface area contributed by atoms with Crippen LogP contribution in [0, 0.1) is 0 Å². The minimum absolute atomic E-state index is 0.0875. The summed E-state index contributed by atoms with van der Waals surface area (Å²) in [6.45, 7) is 0.603. The molecule has 1 aliphatic rings. The molecule has 0 aromatic heterocycles. The number of amides is 1. The number of benzene rings is 1. The molecule has 0 spiro atoms. The van der Waals surface area contributed by atoms with E-state index in [4.69, 9.17) is 4.74 Å². The van der Waals surface area contributed by atoms with Crippen molar-refractivity contribution in [1.29, 1.82) is 0 Å². The fourth-order valence-electron chi connectivity index (χ4n) is 2.08. The highest BCUT2D eigenvalue weighted by molar-refractivity contribution is 5.95. The molecule has 0 radical (unpaired) electrons. The van der Waals surface area contributed by atoms with Gasteiger partial charge in [0, 0.05) is 24.9 Å². The van der Waals surface area contributed by atoms with E-state index < -0.39 is 0 Å². The van der Waals surface area contributed by atoms with E-state index in [-0.39, 0.29) is 24.7 Å². The van der Waals surface area contributed by atoms with Gasteiger partial charge in [0.05, 0.1) is 18.8 Å². The van der Waals surface area contributed by atoms with Crippen LogP contribution in [-0.2, 0) is 16.1 Å². The van der Waals surface area contributed by atoms with Gasteiger partial charge in [0.1, 0.15) is 0 Å². The van der Waals surface area contributed by atoms with Crippen LogP contribution in [0.3, 0.4) is 0 Å². The molecule has 1 saturated heterocycles. The summed E-state index contributed by atoms with van der Waals surface area (Å²) in [5.41, 5.74) is 1.37. The van der Waals surface area contributed by atoms with Gasteiger partial charge in [-0.15, -0.1) is 0 Å². The van der Waals surface area contributed by atoms with E-state index in [1.54, 1.807) is 19.2 Å². The summed E-state index contributed by atoms with van der Waals surface area (Å²) in [4.78, 5) is 12.0. The highest BCUT2D eigenvalue weighted by Gasteiger charge is 2.29. The number of carbonyl (C=O) groups is 1. The van der Waals surface area contributed by atoms with Gasteiger partial charge in [-0.25, -0.2) is 0 Å². The van der Waals surface area contributed by atoms with E-state index in [0.717, 1.165) is 0 Å². The first-order valence-corrected chi connectivity index (χ1v) is 6.00. The van der Waals surface area contributed by atoms with Crippen LogP contribution >= 0.6 is 0 Å². The summed E-state index contributed by atoms with van der Waals surface area (Å²) in [5.74, 6) is -0.0875. The monoisotopic (exact) mass is 250 g/mol. The quantitative estimate of drug-likeness (QED) is 0.727. The third kappa shape index (κ3) is 2.87. The van der Waals surface area contributed by atoms with Crippen molar-refractivity contribution in [3.8, 4) is 0 Å². The molecule has 1 aromatic carbocycles. The topological polar surface area (TPSA) is 70.6 Å². The number of para-hydroxylation sites is 1. The van der Waals surface area contributed by atoms with Gasteiger partial charge in [0.2, 0.25) is 5.91 Å². The van der Waals surface area contributed by atoms with Gasteiger partial charge in [0.15, 0.2) is 0 Å². The Morgan fingerprint density at radius 1 is 1.56 bits per heavy atom. The van der Waals surface area contributed by atoms with E-state index in [1.165, 1.54) is 0 Å². The lowest BCUT2D eigenvalue weighted by atomic mass is 10.1. The van der Waals surface area contributed by atoms with Crippen molar-refractivity contribution in [3.63, 3.8) is 0 Å². The summed E-state index contributed by atoms with van der Waals surface area (Å²) in [6.07, 6.45) is 0.762. The van der Waals surface area contributed by atoms with Crippen molar-refractivity contribution < 1.29 is 14.6 Å². The van der Waals surface area contributed by atoms with Crippen LogP contribution in [0.15, 0.2) is 24.3 Å². The van der Waals surface area contributed by atoms with E-state index in [2.05, 4.69) is 10.6 Å². The lowest BCUT2D eigenvalue weighted by Crippen LogP contribution is -2.35. The second-order valence-electron chi connectivity index (χ2n) is 4.36. The highest BCUT2D eigenvalue weighted by Crippen LogP contribution is 2.17. The van der Waals surface area contributed by atoms with Crippen LogP contribution in [0.2, 0.25) is 0 Å². The Morgan fingerprint density at radius 2 is 2.33 bits per heavy atom. The van der Waals surface area contributed by atoms with Crippen molar-refractivity contribution in [2.75, 3.05) is 19.0 Å². The van der Waals surface area contributed by atoms with Crippen LogP contribution in [0.1, 0.15) is 12.0 Å². The molecule has 2 unspecified atom stereocenters. The first-order valence-electron chi connectivity index (χ1n) is 6.00. The highest BCUT2D eigenvalue weighted by atomic mass is 16.5. The number of carbonyl (C=O) groups excluding carboxylic acids is 1. The largest absolute Gasteiger partial charge is 0.392 e. The lowest BCUT2D eigenvalue weighted by molar-refractivity contribution is -0.118. The Labute approximate surface area is 106 Å². The number of hydrogen-bond acceptors (Lipinski definition) is 4. The minimum Gasteiger partial charge on any atom is -0.392 e. The second-order valence-corrected chi connectivity index (χ2v) is 4.36. The Bertz CT molecular complexity index is 422. The van der Waals surface area contributed by atoms with Crippen LogP contribution in [0.25, 0.3) is 0 Å². The zero-order chi connectivity index (χ0) is 13.0. The zero-order valence-corrected chi connectivity index (χ0v) is 10.3. The van der Waals surface area contributed by atoms with Crippen LogP contribution in [0.4, 0.5) is 5.69 Å². The first kappa shape index (κ1) is 13.0. The van der Waals surface area contributed by atoms with Crippen molar-refractivity contribution in [1.82, 2.24) is 5.32 Å². The number of aliphatic hydroxyl groups excluding tert-OH is 1. The third-order valence-electron chi connectivity index (χ3n) is 3.19. The maximum absolute atomic E-state index is 12.0. The average Bonchev–Trinajstić information content (AvgIpc) is 2.88. The van der Waals surface area contributed by atoms with Crippen molar-refractivity contribution >= 4 is 11.6 Å². The number of anilines is 1. The number of hydrogen-bond donors (Lipinski definition) is 3. The minimum atomic E-state index is -0.235. The summed E-state index contributed by atoms with van der Waals surface area (Å²) < 4.78 is 5.20. The first-order chi connectivity index (χ1) is 8.74. The van der Waals surface area contributed by atoms with Crippen molar-refractivity contribution in [2.24, 2.45) is 0 Å². The smallest absolute Gasteiger partial charge is 0.241 e. The van der Waals surface area contributed by atoms with E-state index in [9.17, 15) is 9.90 Å². The molecule has 1 aromatic rings. The van der Waals surface area contributed by atoms with E-state index in [0.29, 0.717) is 24.2 Å². The fourth-order valence-corrected chi connectivity index (χ4v) is 2.08. The van der Waals surface area contributed by atoms with Crippen LogP contribution in [-0.4, -0.2) is 36.8 Å². The van der Waals surface area contributed by atoms with Gasteiger partial charge in [-0.1, -0.05) is 18.2 Å². The summed E-state index contributed by atoms with van der Waals surface area (Å²) >= 11 is 0. The van der Waals surface area contributed by atoms with Crippen LogP contribution < -0.4 is 10.6 Å². The molecule has 1 amide bonds. The molecule has 0 saturated carbocycles. The van der Waals surface area contributed by atoms with Crippen molar-refractivity contribution in [2.45, 2.75) is 25.2 Å².